The number of hydrogen-bond donors (Lipinski definition) is 1. The van der Waals surface area contributed by atoms with E-state index in [1.165, 1.54) is 4.31 Å². The van der Waals surface area contributed by atoms with Gasteiger partial charge in [-0.05, 0) is 23.7 Å². The monoisotopic (exact) mass is 450 g/mol. The Kier molecular flexibility index (Phi) is 6.41. The number of benzene rings is 3. The van der Waals surface area contributed by atoms with Crippen molar-refractivity contribution >= 4 is 16.0 Å². The van der Waals surface area contributed by atoms with Crippen molar-refractivity contribution in [3.8, 4) is 0 Å². The third-order valence-electron chi connectivity index (χ3n) is 5.89. The summed E-state index contributed by atoms with van der Waals surface area (Å²) in [6, 6.07) is 23.8. The summed E-state index contributed by atoms with van der Waals surface area (Å²) in [6.45, 7) is 0.181. The van der Waals surface area contributed by atoms with Gasteiger partial charge in [-0.15, -0.1) is 0 Å². The Morgan fingerprint density at radius 3 is 2.19 bits per heavy atom. The third-order valence-corrected chi connectivity index (χ3v) is 7.68. The van der Waals surface area contributed by atoms with E-state index < -0.39 is 22.0 Å². The van der Waals surface area contributed by atoms with Gasteiger partial charge in [0.15, 0.2) is 0 Å². The van der Waals surface area contributed by atoms with E-state index in [0.717, 1.165) is 16.7 Å². The molecule has 4 rings (SSSR count). The molecule has 0 radical (unpaired) electrons. The van der Waals surface area contributed by atoms with E-state index in [-0.39, 0.29) is 18.4 Å². The SMILES string of the molecule is CNC(c1ccccc1)C(c1ccccc1)N(C)S(=O)(=O)Cc1cccc2c1C(=O)OC2. The lowest BCUT2D eigenvalue weighted by molar-refractivity contribution is 0.0534. The van der Waals surface area contributed by atoms with E-state index in [2.05, 4.69) is 5.32 Å². The molecule has 0 saturated carbocycles. The second-order valence-corrected chi connectivity index (χ2v) is 9.86. The van der Waals surface area contributed by atoms with Crippen LogP contribution in [0, 0.1) is 0 Å². The number of likely N-dealkylation sites (N-methyl/N-ethyl adjacent to an activating group) is 2. The molecule has 1 aliphatic rings. The molecule has 1 heterocycles. The Labute approximate surface area is 188 Å². The van der Waals surface area contributed by atoms with Crippen LogP contribution >= 0.6 is 0 Å². The second-order valence-electron chi connectivity index (χ2n) is 7.83. The van der Waals surface area contributed by atoms with Crippen LogP contribution < -0.4 is 5.32 Å². The molecule has 0 bridgehead atoms. The zero-order valence-corrected chi connectivity index (χ0v) is 18.9. The summed E-state index contributed by atoms with van der Waals surface area (Å²) < 4.78 is 33.8. The fourth-order valence-corrected chi connectivity index (χ4v) is 5.70. The molecular weight excluding hydrogens is 424 g/mol. The smallest absolute Gasteiger partial charge is 0.339 e. The van der Waals surface area contributed by atoms with Gasteiger partial charge in [-0.3, -0.25) is 0 Å². The fraction of sp³-hybridized carbons (Fsp3) is 0.240. The number of nitrogens with one attached hydrogen (secondary N) is 1. The average molecular weight is 451 g/mol. The van der Waals surface area contributed by atoms with Crippen molar-refractivity contribution in [2.45, 2.75) is 24.4 Å². The van der Waals surface area contributed by atoms with Gasteiger partial charge < -0.3 is 10.1 Å². The summed E-state index contributed by atoms with van der Waals surface area (Å²) in [4.78, 5) is 12.2. The molecule has 166 valence electrons. The molecule has 0 saturated heterocycles. The van der Waals surface area contributed by atoms with E-state index in [1.807, 2.05) is 67.7 Å². The maximum atomic E-state index is 13.6. The minimum atomic E-state index is -3.78. The first-order chi connectivity index (χ1) is 15.4. The molecule has 0 spiro atoms. The number of esters is 1. The number of sulfonamides is 1. The number of rotatable bonds is 8. The third kappa shape index (κ3) is 4.32. The van der Waals surface area contributed by atoms with Crippen molar-refractivity contribution in [1.29, 1.82) is 0 Å². The van der Waals surface area contributed by atoms with Gasteiger partial charge >= 0.3 is 5.97 Å². The number of nitrogens with zero attached hydrogens (tertiary/aromatic N) is 1. The molecule has 2 atom stereocenters. The fourth-order valence-electron chi connectivity index (χ4n) is 4.27. The Hall–Kier alpha value is -3.00. The average Bonchev–Trinajstić information content (AvgIpc) is 3.19. The first kappa shape index (κ1) is 22.2. The first-order valence-electron chi connectivity index (χ1n) is 10.4. The normalized spacial score (nSPS) is 15.3. The van der Waals surface area contributed by atoms with E-state index in [9.17, 15) is 13.2 Å². The Balaban J connectivity index is 1.73. The standard InChI is InChI=1S/C25H26N2O4S/c1-26-23(18-10-5-3-6-11-18)24(19-12-7-4-8-13-19)27(2)32(29,30)17-21-15-9-14-20-16-31-25(28)22(20)21/h3-15,23-24,26H,16-17H2,1-2H3. The summed E-state index contributed by atoms with van der Waals surface area (Å²) in [6.07, 6.45) is 0. The Bertz CT molecular complexity index is 1200. The van der Waals surface area contributed by atoms with Crippen molar-refractivity contribution in [2.24, 2.45) is 0 Å². The molecule has 6 nitrogen and oxygen atoms in total. The zero-order valence-electron chi connectivity index (χ0n) is 18.1. The van der Waals surface area contributed by atoms with Crippen molar-refractivity contribution in [1.82, 2.24) is 9.62 Å². The van der Waals surface area contributed by atoms with Crippen LogP contribution in [0.25, 0.3) is 0 Å². The van der Waals surface area contributed by atoms with Crippen LogP contribution in [-0.4, -0.2) is 32.8 Å². The Morgan fingerprint density at radius 2 is 1.56 bits per heavy atom. The van der Waals surface area contributed by atoms with Crippen LogP contribution in [0.1, 0.15) is 44.7 Å². The lowest BCUT2D eigenvalue weighted by Crippen LogP contribution is -2.39. The predicted molar refractivity (Wildman–Crippen MR) is 123 cm³/mol. The molecule has 0 amide bonds. The number of ether oxygens (including phenoxy) is 1. The van der Waals surface area contributed by atoms with Crippen molar-refractivity contribution in [2.75, 3.05) is 14.1 Å². The summed E-state index contributed by atoms with van der Waals surface area (Å²) >= 11 is 0. The first-order valence-corrected chi connectivity index (χ1v) is 12.0. The van der Waals surface area contributed by atoms with E-state index in [4.69, 9.17) is 4.74 Å². The van der Waals surface area contributed by atoms with E-state index >= 15 is 0 Å². The molecule has 2 unspecified atom stereocenters. The molecule has 7 heteroatoms. The maximum absolute atomic E-state index is 13.6. The summed E-state index contributed by atoms with van der Waals surface area (Å²) in [5.41, 5.74) is 3.41. The second kappa shape index (κ2) is 9.24. The van der Waals surface area contributed by atoms with Gasteiger partial charge in [0, 0.05) is 12.6 Å². The topological polar surface area (TPSA) is 75.7 Å². The van der Waals surface area contributed by atoms with Gasteiger partial charge in [0.1, 0.15) is 6.61 Å². The highest BCUT2D eigenvalue weighted by atomic mass is 32.2. The molecule has 32 heavy (non-hydrogen) atoms. The lowest BCUT2D eigenvalue weighted by Gasteiger charge is -2.34. The molecule has 0 fully saturated rings. The minimum absolute atomic E-state index is 0.181. The number of hydrogen-bond acceptors (Lipinski definition) is 5. The number of carbonyl (C=O) groups is 1. The largest absolute Gasteiger partial charge is 0.457 e. The van der Waals surface area contributed by atoms with Crippen molar-refractivity contribution in [3.05, 3.63) is 107 Å². The molecule has 1 aliphatic heterocycles. The summed E-state index contributed by atoms with van der Waals surface area (Å²) in [5, 5.41) is 3.30. The van der Waals surface area contributed by atoms with E-state index in [0.29, 0.717) is 11.1 Å². The van der Waals surface area contributed by atoms with Crippen molar-refractivity contribution < 1.29 is 17.9 Å². The number of cyclic esters (lactones) is 1. The van der Waals surface area contributed by atoms with Crippen LogP contribution in [0.3, 0.4) is 0 Å². The highest BCUT2D eigenvalue weighted by Gasteiger charge is 2.35. The molecule has 1 N–H and O–H groups in total. The van der Waals surface area contributed by atoms with Crippen LogP contribution in [0.15, 0.2) is 78.9 Å². The van der Waals surface area contributed by atoms with Gasteiger partial charge in [0.25, 0.3) is 0 Å². The number of fused-ring (bicyclic) bond motifs is 1. The zero-order chi connectivity index (χ0) is 22.7. The maximum Gasteiger partial charge on any atom is 0.339 e. The van der Waals surface area contributed by atoms with Gasteiger partial charge in [-0.2, -0.15) is 4.31 Å². The van der Waals surface area contributed by atoms with Crippen LogP contribution in [-0.2, 0) is 27.1 Å². The van der Waals surface area contributed by atoms with E-state index in [1.54, 1.807) is 25.2 Å². The molecule has 0 aliphatic carbocycles. The quantitative estimate of drug-likeness (QED) is 0.528. The van der Waals surface area contributed by atoms with Crippen LogP contribution in [0.4, 0.5) is 0 Å². The van der Waals surface area contributed by atoms with Gasteiger partial charge in [-0.1, -0.05) is 78.9 Å². The highest BCUT2D eigenvalue weighted by molar-refractivity contribution is 7.88. The molecular formula is C25H26N2O4S. The number of carbonyl (C=O) groups excluding carboxylic acids is 1. The summed E-state index contributed by atoms with van der Waals surface area (Å²) in [5.74, 6) is -0.749. The molecule has 3 aromatic carbocycles. The minimum Gasteiger partial charge on any atom is -0.457 e. The summed E-state index contributed by atoms with van der Waals surface area (Å²) in [7, 11) is -0.357. The lowest BCUT2D eigenvalue weighted by atomic mass is 9.93. The van der Waals surface area contributed by atoms with Crippen molar-refractivity contribution in [3.63, 3.8) is 0 Å². The highest BCUT2D eigenvalue weighted by Crippen LogP contribution is 2.36. The van der Waals surface area contributed by atoms with Crippen LogP contribution in [0.2, 0.25) is 0 Å². The Morgan fingerprint density at radius 1 is 0.938 bits per heavy atom. The van der Waals surface area contributed by atoms with Gasteiger partial charge in [-0.25, -0.2) is 13.2 Å². The van der Waals surface area contributed by atoms with Gasteiger partial charge in [0.2, 0.25) is 10.0 Å². The van der Waals surface area contributed by atoms with Gasteiger partial charge in [0.05, 0.1) is 23.4 Å². The molecule has 3 aromatic rings. The molecule has 0 aromatic heterocycles. The van der Waals surface area contributed by atoms with Crippen LogP contribution in [0.5, 0.6) is 0 Å². The predicted octanol–water partition coefficient (Wildman–Crippen LogP) is 3.82.